The lowest BCUT2D eigenvalue weighted by Gasteiger charge is -2.10. The van der Waals surface area contributed by atoms with Crippen molar-refractivity contribution in [2.45, 2.75) is 25.5 Å². The van der Waals surface area contributed by atoms with Crippen LogP contribution in [0.15, 0.2) is 41.4 Å². The highest BCUT2D eigenvalue weighted by atomic mass is 35.5. The van der Waals surface area contributed by atoms with Crippen LogP contribution in [0.5, 0.6) is 0 Å². The van der Waals surface area contributed by atoms with Gasteiger partial charge in [-0.3, -0.25) is 14.5 Å². The van der Waals surface area contributed by atoms with E-state index in [-0.39, 0.29) is 18.2 Å². The van der Waals surface area contributed by atoms with Gasteiger partial charge in [0.1, 0.15) is 5.25 Å². The van der Waals surface area contributed by atoms with Gasteiger partial charge in [-0.05, 0) is 55.3 Å². The molecule has 0 aliphatic carbocycles. The average molecular weight is 436 g/mol. The Labute approximate surface area is 178 Å². The van der Waals surface area contributed by atoms with Crippen LogP contribution in [-0.4, -0.2) is 34.2 Å². The van der Waals surface area contributed by atoms with Gasteiger partial charge in [-0.15, -0.1) is 0 Å². The fraction of sp³-hybridized carbons (Fsp3) is 0.250. The maximum atomic E-state index is 12.5. The van der Waals surface area contributed by atoms with Crippen molar-refractivity contribution in [2.24, 2.45) is 4.99 Å². The first-order valence-corrected chi connectivity index (χ1v) is 10.2. The van der Waals surface area contributed by atoms with Crippen molar-refractivity contribution in [2.75, 3.05) is 12.4 Å². The van der Waals surface area contributed by atoms with Crippen LogP contribution in [0.2, 0.25) is 10.0 Å². The molecule has 28 heavy (non-hydrogen) atoms. The Kier molecular flexibility index (Phi) is 6.33. The van der Waals surface area contributed by atoms with Gasteiger partial charge in [-0.1, -0.05) is 41.0 Å². The van der Waals surface area contributed by atoms with Crippen LogP contribution in [0.1, 0.15) is 17.5 Å². The van der Waals surface area contributed by atoms with Crippen LogP contribution in [0, 0.1) is 13.8 Å². The zero-order valence-corrected chi connectivity index (χ0v) is 18.0. The fourth-order valence-corrected chi connectivity index (χ4v) is 4.25. The molecule has 1 fully saturated rings. The lowest BCUT2D eigenvalue weighted by atomic mass is 10.2. The Morgan fingerprint density at radius 3 is 2.61 bits per heavy atom. The molecule has 1 aliphatic rings. The van der Waals surface area contributed by atoms with E-state index in [0.717, 1.165) is 16.8 Å². The highest BCUT2D eigenvalue weighted by Crippen LogP contribution is 2.32. The molecule has 3 rings (SSSR count). The van der Waals surface area contributed by atoms with E-state index in [9.17, 15) is 9.59 Å². The number of anilines is 1. The molecule has 0 spiro atoms. The number of amidine groups is 1. The Hall–Kier alpha value is -2.02. The number of halogens is 2. The number of hydrogen-bond acceptors (Lipinski definition) is 4. The number of aliphatic imine (C=N–C) groups is 1. The van der Waals surface area contributed by atoms with Crippen molar-refractivity contribution in [3.8, 4) is 0 Å². The van der Waals surface area contributed by atoms with Crippen LogP contribution in [0.4, 0.5) is 11.4 Å². The average Bonchev–Trinajstić information content (AvgIpc) is 2.88. The van der Waals surface area contributed by atoms with Crippen LogP contribution in [0.3, 0.4) is 0 Å². The standard InChI is InChI=1S/C20H19Cl2N3O2S/c1-11-4-6-14(9-15(11)22)23-18(26)10-17-19(27)25(3)20(28-17)24-16-7-5-13(21)8-12(16)2/h4-9,17H,10H2,1-3H3,(H,23,26). The molecule has 2 aromatic rings. The molecule has 5 nitrogen and oxygen atoms in total. The molecule has 1 N–H and O–H groups in total. The van der Waals surface area contributed by atoms with Crippen molar-refractivity contribution < 1.29 is 9.59 Å². The molecule has 2 amide bonds. The SMILES string of the molecule is Cc1ccc(NC(=O)CC2SC(=Nc3ccc(Cl)cc3C)N(C)C2=O)cc1Cl. The van der Waals surface area contributed by atoms with Gasteiger partial charge in [0.15, 0.2) is 5.17 Å². The molecule has 0 saturated carbocycles. The first-order chi connectivity index (χ1) is 13.2. The third-order valence-electron chi connectivity index (χ3n) is 4.34. The number of rotatable bonds is 4. The second-order valence-electron chi connectivity index (χ2n) is 6.55. The van der Waals surface area contributed by atoms with Crippen LogP contribution >= 0.6 is 35.0 Å². The molecule has 0 bridgehead atoms. The Morgan fingerprint density at radius 1 is 1.18 bits per heavy atom. The van der Waals surface area contributed by atoms with Crippen molar-refractivity contribution in [3.63, 3.8) is 0 Å². The van der Waals surface area contributed by atoms with E-state index in [1.807, 2.05) is 32.0 Å². The van der Waals surface area contributed by atoms with E-state index in [2.05, 4.69) is 10.3 Å². The fourth-order valence-electron chi connectivity index (χ4n) is 2.70. The van der Waals surface area contributed by atoms with Gasteiger partial charge in [0, 0.05) is 29.2 Å². The van der Waals surface area contributed by atoms with Crippen molar-refractivity contribution in [3.05, 3.63) is 57.6 Å². The summed E-state index contributed by atoms with van der Waals surface area (Å²) in [7, 11) is 1.66. The predicted molar refractivity (Wildman–Crippen MR) is 117 cm³/mol. The Balaban J connectivity index is 1.69. The summed E-state index contributed by atoms with van der Waals surface area (Å²) in [5, 5.41) is 4.05. The van der Waals surface area contributed by atoms with Crippen molar-refractivity contribution >= 4 is 63.3 Å². The number of carbonyl (C=O) groups excluding carboxylic acids is 2. The minimum Gasteiger partial charge on any atom is -0.326 e. The normalized spacial score (nSPS) is 18.0. The zero-order chi connectivity index (χ0) is 20.4. The summed E-state index contributed by atoms with van der Waals surface area (Å²) in [6, 6.07) is 10.7. The summed E-state index contributed by atoms with van der Waals surface area (Å²) in [6.45, 7) is 3.80. The minimum absolute atomic E-state index is 0.0535. The number of benzene rings is 2. The van der Waals surface area contributed by atoms with Gasteiger partial charge in [0.25, 0.3) is 0 Å². The summed E-state index contributed by atoms with van der Waals surface area (Å²) in [6.07, 6.45) is 0.0535. The van der Waals surface area contributed by atoms with Crippen LogP contribution in [0.25, 0.3) is 0 Å². The van der Waals surface area contributed by atoms with E-state index >= 15 is 0 Å². The lowest BCUT2D eigenvalue weighted by molar-refractivity contribution is -0.127. The summed E-state index contributed by atoms with van der Waals surface area (Å²) in [5.74, 6) is -0.393. The Morgan fingerprint density at radius 2 is 1.93 bits per heavy atom. The molecule has 1 saturated heterocycles. The largest absolute Gasteiger partial charge is 0.326 e. The van der Waals surface area contributed by atoms with Crippen molar-refractivity contribution in [1.29, 1.82) is 0 Å². The molecule has 8 heteroatoms. The number of nitrogens with zero attached hydrogens (tertiary/aromatic N) is 2. The molecule has 1 heterocycles. The zero-order valence-electron chi connectivity index (χ0n) is 15.6. The van der Waals surface area contributed by atoms with Crippen LogP contribution in [-0.2, 0) is 9.59 Å². The number of hydrogen-bond donors (Lipinski definition) is 1. The molecule has 1 unspecified atom stereocenters. The van der Waals surface area contributed by atoms with Gasteiger partial charge in [-0.2, -0.15) is 0 Å². The number of nitrogens with one attached hydrogen (secondary N) is 1. The summed E-state index contributed by atoms with van der Waals surface area (Å²) >= 11 is 13.4. The molecular formula is C20H19Cl2N3O2S. The highest BCUT2D eigenvalue weighted by molar-refractivity contribution is 8.15. The number of aryl methyl sites for hydroxylation is 2. The topological polar surface area (TPSA) is 61.8 Å². The Bertz CT molecular complexity index is 978. The number of amides is 2. The quantitative estimate of drug-likeness (QED) is 0.717. The van der Waals surface area contributed by atoms with E-state index in [1.165, 1.54) is 16.7 Å². The summed E-state index contributed by atoms with van der Waals surface area (Å²) < 4.78 is 0. The minimum atomic E-state index is -0.516. The van der Waals surface area contributed by atoms with Gasteiger partial charge in [0.2, 0.25) is 11.8 Å². The monoisotopic (exact) mass is 435 g/mol. The lowest BCUT2D eigenvalue weighted by Crippen LogP contribution is -2.30. The van der Waals surface area contributed by atoms with Gasteiger partial charge < -0.3 is 5.32 Å². The van der Waals surface area contributed by atoms with E-state index in [4.69, 9.17) is 23.2 Å². The van der Waals surface area contributed by atoms with Gasteiger partial charge >= 0.3 is 0 Å². The second kappa shape index (κ2) is 8.55. The van der Waals surface area contributed by atoms with Gasteiger partial charge in [-0.25, -0.2) is 4.99 Å². The maximum Gasteiger partial charge on any atom is 0.242 e. The van der Waals surface area contributed by atoms with Gasteiger partial charge in [0.05, 0.1) is 5.69 Å². The smallest absolute Gasteiger partial charge is 0.242 e. The summed E-state index contributed by atoms with van der Waals surface area (Å²) in [4.78, 5) is 31.0. The third kappa shape index (κ3) is 4.69. The van der Waals surface area contributed by atoms with E-state index in [1.54, 1.807) is 25.2 Å². The first kappa shape index (κ1) is 20.7. The molecule has 1 atom stereocenters. The first-order valence-electron chi connectivity index (χ1n) is 8.59. The summed E-state index contributed by atoms with van der Waals surface area (Å²) in [5.41, 5.74) is 3.20. The van der Waals surface area contributed by atoms with E-state index < -0.39 is 5.25 Å². The maximum absolute atomic E-state index is 12.5. The molecule has 2 aromatic carbocycles. The molecule has 0 aromatic heterocycles. The molecular weight excluding hydrogens is 417 g/mol. The highest BCUT2D eigenvalue weighted by Gasteiger charge is 2.37. The van der Waals surface area contributed by atoms with Crippen LogP contribution < -0.4 is 5.32 Å². The van der Waals surface area contributed by atoms with Crippen molar-refractivity contribution in [1.82, 2.24) is 4.90 Å². The number of carbonyl (C=O) groups is 2. The molecule has 1 aliphatic heterocycles. The molecule has 0 radical (unpaired) electrons. The molecule has 146 valence electrons. The third-order valence-corrected chi connectivity index (χ3v) is 6.21. The van der Waals surface area contributed by atoms with E-state index in [0.29, 0.717) is 20.9 Å². The number of thioether (sulfide) groups is 1. The second-order valence-corrected chi connectivity index (χ2v) is 8.56. The predicted octanol–water partition coefficient (Wildman–Crippen LogP) is 5.20.